The van der Waals surface area contributed by atoms with Gasteiger partial charge in [-0.15, -0.1) is 0 Å². The molecule has 0 spiro atoms. The Kier molecular flexibility index (Phi) is 84.4. The minimum Gasteiger partial charge on any atom is -0.493 e. The number of aliphatic hydroxyl groups is 1. The third-order valence-corrected chi connectivity index (χ3v) is 21.3. The van der Waals surface area contributed by atoms with E-state index in [0.29, 0.717) is 307 Å². The van der Waals surface area contributed by atoms with Crippen molar-refractivity contribution in [1.82, 2.24) is 0 Å². The largest absolute Gasteiger partial charge is 0.493 e. The molecule has 0 bridgehead atoms. The Hall–Kier alpha value is -9.90. The summed E-state index contributed by atoms with van der Waals surface area (Å²) in [5.41, 5.74) is 5.08. The molecule has 36 heteroatoms. The van der Waals surface area contributed by atoms with Gasteiger partial charge in [0.1, 0.15) is 13.2 Å². The lowest BCUT2D eigenvalue weighted by Gasteiger charge is -2.19. The van der Waals surface area contributed by atoms with Crippen LogP contribution in [0.4, 0.5) is 4.79 Å². The van der Waals surface area contributed by atoms with Gasteiger partial charge < -0.3 is 96.1 Å². The van der Waals surface area contributed by atoms with Crippen LogP contribution in [0.3, 0.4) is 0 Å². The second-order valence-corrected chi connectivity index (χ2v) is 33.7. The van der Waals surface area contributed by atoms with E-state index in [2.05, 4.69) is 0 Å². The second kappa shape index (κ2) is 92.5. The molecule has 36 nitrogen and oxygen atoms in total. The zero-order valence-corrected chi connectivity index (χ0v) is 82.2. The Bertz CT molecular complexity index is 3310. The summed E-state index contributed by atoms with van der Waals surface area (Å²) < 4.78 is 95.4. The molecular formula is C101H165NO35. The Balaban J connectivity index is 1.82. The number of rotatable bonds is 96. The number of hydrogen-bond acceptors (Lipinski definition) is 35. The van der Waals surface area contributed by atoms with Crippen molar-refractivity contribution in [1.29, 1.82) is 0 Å². The van der Waals surface area contributed by atoms with Crippen LogP contribution >= 0.6 is 0 Å². The van der Waals surface area contributed by atoms with Gasteiger partial charge in [0, 0.05) is 103 Å². The first kappa shape index (κ1) is 125. The molecule has 0 aliphatic rings. The molecule has 137 heavy (non-hydrogen) atoms. The Morgan fingerprint density at radius 1 is 0.212 bits per heavy atom. The van der Waals surface area contributed by atoms with Crippen LogP contribution in [0, 0.1) is 0 Å². The van der Waals surface area contributed by atoms with Gasteiger partial charge in [-0.2, -0.15) is 0 Å². The van der Waals surface area contributed by atoms with E-state index in [4.69, 9.17) is 96.1 Å². The Labute approximate surface area is 811 Å². The number of methoxy groups -OCH3 is 1. The number of primary amides is 1. The van der Waals surface area contributed by atoms with Gasteiger partial charge in [0.2, 0.25) is 0 Å². The van der Waals surface area contributed by atoms with Gasteiger partial charge in [-0.1, -0.05) is 18.6 Å². The third kappa shape index (κ3) is 87.4. The molecule has 0 aliphatic carbocycles. The molecule has 0 fully saturated rings. The van der Waals surface area contributed by atoms with Gasteiger partial charge in [0.15, 0.2) is 17.6 Å². The quantitative estimate of drug-likeness (QED) is 0.0347. The predicted molar refractivity (Wildman–Crippen MR) is 501 cm³/mol. The highest BCUT2D eigenvalue weighted by atomic mass is 16.6. The van der Waals surface area contributed by atoms with Gasteiger partial charge in [-0.3, -0.25) is 71.9 Å². The molecule has 0 aromatic heterocycles. The first-order valence-electron chi connectivity index (χ1n) is 50.8. The first-order chi connectivity index (χ1) is 66.6. The minimum atomic E-state index is -1.01. The number of unbranched alkanes of at least 4 members (excludes halogenated alkanes) is 30. The highest BCUT2D eigenvalue weighted by Crippen LogP contribution is 2.27. The number of benzene rings is 1. The summed E-state index contributed by atoms with van der Waals surface area (Å²) in [4.78, 5) is 193. The van der Waals surface area contributed by atoms with Gasteiger partial charge in [-0.05, 0) is 295 Å². The van der Waals surface area contributed by atoms with Crippen LogP contribution in [0.1, 0.15) is 385 Å². The monoisotopic (exact) mass is 1950 g/mol. The molecule has 1 aromatic rings. The third-order valence-electron chi connectivity index (χ3n) is 21.3. The zero-order valence-electron chi connectivity index (χ0n) is 82.2. The highest BCUT2D eigenvalue weighted by molar-refractivity contribution is 5.74. The van der Waals surface area contributed by atoms with E-state index in [-0.39, 0.29) is 266 Å². The van der Waals surface area contributed by atoms with Crippen molar-refractivity contribution >= 4 is 95.6 Å². The van der Waals surface area contributed by atoms with Gasteiger partial charge in [0.25, 0.3) is 0 Å². The second-order valence-electron chi connectivity index (χ2n) is 33.7. The summed E-state index contributed by atoms with van der Waals surface area (Å²) in [6.45, 7) is 3.53. The topological polar surface area (TPSA) is 486 Å². The standard InChI is InChI=1S/C101H165NO35/c1-120-84-49-32-33-50-85(84)135-81-83(82-136-101(102)119)137-100(118)65-31-16-48-80-134-99(117)64-30-15-47-79-133-98(116)63-29-14-46-78-132-97(115)62-28-13-45-77-131-96(114)61-27-12-44-76-130-95(113)60-26-11-43-75-129-94(112)59-25-10-42-74-128-93(111)58-24-9-41-73-127-92(110)57-23-8-40-72-126-91(109)56-22-7-39-71-125-90(108)55-21-6-38-70-124-89(107)54-20-5-37-69-123-88(106)53-19-4-36-68-122-87(105)52-18-3-35-67-121-86(104)51-17-2-34-66-103/h32-33,49-50,83,103H,2-31,34-48,51-82H2,1H3,(H2,102,119). The van der Waals surface area contributed by atoms with Gasteiger partial charge >= 0.3 is 95.6 Å². The summed E-state index contributed by atoms with van der Waals surface area (Å²) in [6, 6.07) is 6.93. The van der Waals surface area contributed by atoms with E-state index in [9.17, 15) is 76.7 Å². The summed E-state index contributed by atoms with van der Waals surface area (Å²) in [5.74, 6) is -3.67. The summed E-state index contributed by atoms with van der Waals surface area (Å²) in [7, 11) is 1.50. The number of aliphatic hydroxyl groups excluding tert-OH is 1. The molecule has 0 heterocycles. The number of esters is 15. The van der Waals surface area contributed by atoms with Crippen LogP contribution in [0.2, 0.25) is 0 Å². The lowest BCUT2D eigenvalue weighted by molar-refractivity contribution is -0.153. The average Bonchev–Trinajstić information content (AvgIpc) is 0.886. The molecule has 0 radical (unpaired) electrons. The summed E-state index contributed by atoms with van der Waals surface area (Å²) in [5, 5.41) is 8.78. The van der Waals surface area contributed by atoms with Crippen LogP contribution in [-0.4, -0.2) is 226 Å². The smallest absolute Gasteiger partial charge is 0.404 e. The van der Waals surface area contributed by atoms with Gasteiger partial charge in [-0.25, -0.2) is 4.79 Å². The van der Waals surface area contributed by atoms with Crippen molar-refractivity contribution in [3.05, 3.63) is 24.3 Å². The fraction of sp³-hybridized carbons (Fsp3) is 0.782. The van der Waals surface area contributed by atoms with Crippen LogP contribution < -0.4 is 15.2 Å². The molecule has 1 aromatic carbocycles. The van der Waals surface area contributed by atoms with Crippen LogP contribution in [0.15, 0.2) is 24.3 Å². The molecule has 0 saturated heterocycles. The highest BCUT2D eigenvalue weighted by Gasteiger charge is 2.21. The number of carbonyl (C=O) groups is 16. The molecule has 784 valence electrons. The van der Waals surface area contributed by atoms with E-state index in [1.807, 2.05) is 0 Å². The fourth-order valence-corrected chi connectivity index (χ4v) is 13.3. The van der Waals surface area contributed by atoms with E-state index in [0.717, 1.165) is 19.3 Å². The molecule has 1 amide bonds. The minimum absolute atomic E-state index is 0.0947. The van der Waals surface area contributed by atoms with E-state index < -0.39 is 18.2 Å². The number of para-hydroxylation sites is 2. The lowest BCUT2D eigenvalue weighted by Crippen LogP contribution is -2.32. The maximum absolute atomic E-state index is 12.5. The van der Waals surface area contributed by atoms with Crippen molar-refractivity contribution in [3.8, 4) is 11.5 Å². The molecule has 0 saturated carbocycles. The van der Waals surface area contributed by atoms with Crippen LogP contribution in [0.25, 0.3) is 0 Å². The van der Waals surface area contributed by atoms with Crippen molar-refractivity contribution in [3.63, 3.8) is 0 Å². The zero-order chi connectivity index (χ0) is 100.0. The molecular weight excluding hydrogens is 1790 g/mol. The van der Waals surface area contributed by atoms with Crippen LogP contribution in [-0.2, 0) is 148 Å². The Morgan fingerprint density at radius 2 is 0.372 bits per heavy atom. The number of carbonyl (C=O) groups excluding carboxylic acids is 16. The van der Waals surface area contributed by atoms with Crippen LogP contribution in [0.5, 0.6) is 11.5 Å². The Morgan fingerprint density at radius 3 is 0.533 bits per heavy atom. The predicted octanol–water partition coefficient (Wildman–Crippen LogP) is 17.1. The molecule has 1 atom stereocenters. The summed E-state index contributed by atoms with van der Waals surface area (Å²) in [6.07, 6.45) is 31.2. The van der Waals surface area contributed by atoms with Crippen molar-refractivity contribution < 1.29 is 167 Å². The van der Waals surface area contributed by atoms with Crippen molar-refractivity contribution in [2.45, 2.75) is 391 Å². The van der Waals surface area contributed by atoms with Crippen molar-refractivity contribution in [2.24, 2.45) is 5.73 Å². The fourth-order valence-electron chi connectivity index (χ4n) is 13.3. The average molecular weight is 1950 g/mol. The number of ether oxygens (including phenoxy) is 18. The molecule has 1 rings (SSSR count). The number of amides is 1. The van der Waals surface area contributed by atoms with Crippen molar-refractivity contribution in [2.75, 3.05) is 119 Å². The maximum Gasteiger partial charge on any atom is 0.404 e. The van der Waals surface area contributed by atoms with E-state index in [1.54, 1.807) is 24.3 Å². The lowest BCUT2D eigenvalue weighted by atomic mass is 10.2. The first-order valence-corrected chi connectivity index (χ1v) is 50.8. The molecule has 1 unspecified atom stereocenters. The summed E-state index contributed by atoms with van der Waals surface area (Å²) >= 11 is 0. The number of nitrogens with two attached hydrogens (primary N) is 1. The maximum atomic E-state index is 12.5. The van der Waals surface area contributed by atoms with E-state index in [1.165, 1.54) is 7.11 Å². The molecule has 3 N–H and O–H groups in total. The molecule has 0 aliphatic heterocycles. The van der Waals surface area contributed by atoms with E-state index >= 15 is 0 Å². The van der Waals surface area contributed by atoms with Gasteiger partial charge in [0.05, 0.1) is 99.6 Å². The SMILES string of the molecule is COc1ccccc1OCC(COC(N)=O)OC(=O)CCCCCOC(=O)CCCCCOC(=O)CCCCCOC(=O)CCCCCOC(=O)CCCCCOC(=O)CCCCCOC(=O)CCCCCOC(=O)CCCCCOC(=O)CCCCCOC(=O)CCCCCOC(=O)CCCCCOC(=O)CCCCCOC(=O)CCCCCOC(=O)CCCCCOC(=O)CCCCCO. The number of hydrogen-bond donors (Lipinski definition) is 2. The normalized spacial score (nSPS) is 11.1.